The van der Waals surface area contributed by atoms with Gasteiger partial charge in [-0.05, 0) is 6.42 Å². The molecule has 0 saturated heterocycles. The Hall–Kier alpha value is -1.68. The zero-order valence-corrected chi connectivity index (χ0v) is 10.8. The molecule has 0 atom stereocenters. The predicted molar refractivity (Wildman–Crippen MR) is 64.9 cm³/mol. The first kappa shape index (κ1) is 14.4. The molecule has 9 nitrogen and oxygen atoms in total. The second kappa shape index (κ2) is 6.31. The van der Waals surface area contributed by atoms with Crippen molar-refractivity contribution < 1.29 is 13.2 Å². The van der Waals surface area contributed by atoms with Gasteiger partial charge in [-0.3, -0.25) is 4.79 Å². The molecule has 1 aromatic rings. The Morgan fingerprint density at radius 3 is 2.78 bits per heavy atom. The zero-order valence-electron chi connectivity index (χ0n) is 9.96. The number of nitrogens with one attached hydrogen (secondary N) is 2. The van der Waals surface area contributed by atoms with Crippen LogP contribution >= 0.6 is 0 Å². The van der Waals surface area contributed by atoms with Gasteiger partial charge in [0.1, 0.15) is 12.9 Å². The molecule has 0 bridgehead atoms. The van der Waals surface area contributed by atoms with Crippen molar-refractivity contribution in [3.63, 3.8) is 0 Å². The second-order valence-electron chi connectivity index (χ2n) is 3.67. The Morgan fingerprint density at radius 1 is 1.50 bits per heavy atom. The topological polar surface area (TPSA) is 132 Å². The van der Waals surface area contributed by atoms with Gasteiger partial charge in [-0.1, -0.05) is 0 Å². The van der Waals surface area contributed by atoms with Gasteiger partial charge in [-0.25, -0.2) is 22.8 Å². The van der Waals surface area contributed by atoms with Crippen LogP contribution in [0.1, 0.15) is 6.42 Å². The number of hydrogen-bond donors (Lipinski definition) is 3. The first-order chi connectivity index (χ1) is 8.37. The number of nitrogens with two attached hydrogens (primary N) is 1. The van der Waals surface area contributed by atoms with Crippen LogP contribution < -0.4 is 15.8 Å². The van der Waals surface area contributed by atoms with Crippen LogP contribution in [0.4, 0.5) is 5.95 Å². The lowest BCUT2D eigenvalue weighted by Crippen LogP contribution is -2.31. The molecule has 18 heavy (non-hydrogen) atoms. The minimum atomic E-state index is -3.17. The van der Waals surface area contributed by atoms with E-state index in [0.29, 0.717) is 13.0 Å². The number of amides is 1. The van der Waals surface area contributed by atoms with Crippen molar-refractivity contribution in [2.75, 3.05) is 25.1 Å². The molecule has 0 fully saturated rings. The first-order valence-corrected chi connectivity index (χ1v) is 7.12. The molecule has 0 unspecified atom stereocenters. The van der Waals surface area contributed by atoms with Crippen LogP contribution in [0.3, 0.4) is 0 Å². The highest BCUT2D eigenvalue weighted by molar-refractivity contribution is 7.88. The van der Waals surface area contributed by atoms with Crippen LogP contribution in [0, 0.1) is 0 Å². The van der Waals surface area contributed by atoms with E-state index in [1.165, 1.54) is 11.0 Å². The van der Waals surface area contributed by atoms with Crippen molar-refractivity contribution in [3.8, 4) is 0 Å². The lowest BCUT2D eigenvalue weighted by molar-refractivity contribution is -0.121. The maximum atomic E-state index is 11.4. The van der Waals surface area contributed by atoms with E-state index in [0.717, 1.165) is 6.26 Å². The van der Waals surface area contributed by atoms with Gasteiger partial charge < -0.3 is 11.1 Å². The summed E-state index contributed by atoms with van der Waals surface area (Å²) in [4.78, 5) is 15.1. The van der Waals surface area contributed by atoms with Crippen LogP contribution in [0.5, 0.6) is 0 Å². The lowest BCUT2D eigenvalue weighted by Gasteiger charge is -2.05. The Balaban J connectivity index is 2.14. The van der Waals surface area contributed by atoms with E-state index >= 15 is 0 Å². The fraction of sp³-hybridized carbons (Fsp3) is 0.625. The molecule has 1 amide bonds. The molecular weight excluding hydrogens is 260 g/mol. The normalized spacial score (nSPS) is 11.4. The molecule has 0 spiro atoms. The molecule has 0 aliphatic rings. The fourth-order valence-corrected chi connectivity index (χ4v) is 1.68. The number of carbonyl (C=O) groups is 1. The lowest BCUT2D eigenvalue weighted by atomic mass is 10.4. The molecule has 0 aliphatic carbocycles. The van der Waals surface area contributed by atoms with Crippen molar-refractivity contribution in [1.82, 2.24) is 24.8 Å². The Labute approximate surface area is 105 Å². The Bertz CT molecular complexity index is 497. The summed E-state index contributed by atoms with van der Waals surface area (Å²) in [7, 11) is -3.17. The maximum absolute atomic E-state index is 11.4. The minimum Gasteiger partial charge on any atom is -0.367 e. The number of nitrogens with zero attached hydrogens (tertiary/aromatic N) is 3. The highest BCUT2D eigenvalue weighted by Crippen LogP contribution is 1.89. The van der Waals surface area contributed by atoms with Crippen LogP contribution in [0.2, 0.25) is 0 Å². The summed E-state index contributed by atoms with van der Waals surface area (Å²) in [5.41, 5.74) is 5.29. The fourth-order valence-electron chi connectivity index (χ4n) is 1.16. The van der Waals surface area contributed by atoms with Crippen LogP contribution in [-0.2, 0) is 21.4 Å². The zero-order chi connectivity index (χ0) is 13.6. The summed E-state index contributed by atoms with van der Waals surface area (Å²) in [6.07, 6.45) is 2.96. The number of nitrogen functional groups attached to an aromatic ring is 1. The van der Waals surface area contributed by atoms with Gasteiger partial charge in [0.05, 0.1) is 6.26 Å². The van der Waals surface area contributed by atoms with Gasteiger partial charge in [-0.15, -0.1) is 5.10 Å². The van der Waals surface area contributed by atoms with E-state index in [-0.39, 0.29) is 24.9 Å². The van der Waals surface area contributed by atoms with Gasteiger partial charge in [-0.2, -0.15) is 0 Å². The van der Waals surface area contributed by atoms with Gasteiger partial charge in [0.15, 0.2) is 0 Å². The third-order valence-corrected chi connectivity index (χ3v) is 2.63. The summed E-state index contributed by atoms with van der Waals surface area (Å²) in [5, 5.41) is 6.38. The third kappa shape index (κ3) is 6.15. The quantitative estimate of drug-likeness (QED) is 0.489. The van der Waals surface area contributed by atoms with Crippen molar-refractivity contribution in [1.29, 1.82) is 0 Å². The Kier molecular flexibility index (Phi) is 5.04. The summed E-state index contributed by atoms with van der Waals surface area (Å²) in [6, 6.07) is 0. The van der Waals surface area contributed by atoms with Gasteiger partial charge in [0, 0.05) is 13.1 Å². The smallest absolute Gasteiger partial charge is 0.241 e. The van der Waals surface area contributed by atoms with Gasteiger partial charge >= 0.3 is 0 Å². The maximum Gasteiger partial charge on any atom is 0.241 e. The SMILES string of the molecule is CS(=O)(=O)NCCCNC(=O)Cn1cnc(N)n1. The average molecular weight is 276 g/mol. The summed E-state index contributed by atoms with van der Waals surface area (Å²) in [6.45, 7) is 0.699. The molecule has 102 valence electrons. The summed E-state index contributed by atoms with van der Waals surface area (Å²) < 4.78 is 25.1. The number of aromatic nitrogens is 3. The van der Waals surface area contributed by atoms with E-state index < -0.39 is 10.0 Å². The minimum absolute atomic E-state index is 0.0315. The van der Waals surface area contributed by atoms with E-state index in [1.807, 2.05) is 0 Å². The molecule has 1 heterocycles. The third-order valence-electron chi connectivity index (χ3n) is 1.90. The van der Waals surface area contributed by atoms with E-state index in [2.05, 4.69) is 20.1 Å². The monoisotopic (exact) mass is 276 g/mol. The van der Waals surface area contributed by atoms with Crippen LogP contribution in [-0.4, -0.2) is 48.4 Å². The molecule has 0 saturated carbocycles. The molecule has 10 heteroatoms. The van der Waals surface area contributed by atoms with Crippen LogP contribution in [0.25, 0.3) is 0 Å². The standard InChI is InChI=1S/C8H16N6O3S/c1-18(16,17)12-4-2-3-10-7(15)5-14-6-11-8(9)13-14/h6,12H,2-5H2,1H3,(H2,9,13)(H,10,15). The average Bonchev–Trinajstić information content (AvgIpc) is 2.61. The molecular formula is C8H16N6O3S. The molecule has 4 N–H and O–H groups in total. The van der Waals surface area contributed by atoms with Gasteiger partial charge in [0.2, 0.25) is 21.9 Å². The van der Waals surface area contributed by atoms with E-state index in [9.17, 15) is 13.2 Å². The first-order valence-electron chi connectivity index (χ1n) is 5.23. The highest BCUT2D eigenvalue weighted by Gasteiger charge is 2.04. The number of hydrogen-bond acceptors (Lipinski definition) is 6. The molecule has 1 aromatic heterocycles. The summed E-state index contributed by atoms with van der Waals surface area (Å²) in [5.74, 6) is -0.126. The van der Waals surface area contributed by atoms with Crippen molar-refractivity contribution in [2.24, 2.45) is 0 Å². The second-order valence-corrected chi connectivity index (χ2v) is 5.50. The number of anilines is 1. The molecule has 0 radical (unpaired) electrons. The van der Waals surface area contributed by atoms with Crippen LogP contribution in [0.15, 0.2) is 6.33 Å². The molecule has 1 rings (SSSR count). The van der Waals surface area contributed by atoms with E-state index in [4.69, 9.17) is 5.73 Å². The molecule has 0 aliphatic heterocycles. The molecule has 0 aromatic carbocycles. The summed E-state index contributed by atoms with van der Waals surface area (Å²) >= 11 is 0. The number of rotatable bonds is 7. The predicted octanol–water partition coefficient (Wildman–Crippen LogP) is -2.08. The highest BCUT2D eigenvalue weighted by atomic mass is 32.2. The van der Waals surface area contributed by atoms with Crippen molar-refractivity contribution in [2.45, 2.75) is 13.0 Å². The van der Waals surface area contributed by atoms with E-state index in [1.54, 1.807) is 0 Å². The number of sulfonamides is 1. The van der Waals surface area contributed by atoms with Gasteiger partial charge in [0.25, 0.3) is 0 Å². The Morgan fingerprint density at radius 2 is 2.22 bits per heavy atom. The number of carbonyl (C=O) groups excluding carboxylic acids is 1. The van der Waals surface area contributed by atoms with Crippen molar-refractivity contribution in [3.05, 3.63) is 6.33 Å². The largest absolute Gasteiger partial charge is 0.367 e. The van der Waals surface area contributed by atoms with Crippen molar-refractivity contribution >= 4 is 21.9 Å².